The normalized spacial score (nSPS) is 14.5. The van der Waals surface area contributed by atoms with Gasteiger partial charge in [-0.25, -0.2) is 9.59 Å². The van der Waals surface area contributed by atoms with Gasteiger partial charge < -0.3 is 24.6 Å². The van der Waals surface area contributed by atoms with Gasteiger partial charge in [0.2, 0.25) is 0 Å². The lowest BCUT2D eigenvalue weighted by molar-refractivity contribution is 0.0600. The monoisotopic (exact) mass is 321 g/mol. The van der Waals surface area contributed by atoms with E-state index in [0.29, 0.717) is 31.8 Å². The van der Waals surface area contributed by atoms with Crippen LogP contribution in [0.15, 0.2) is 24.3 Å². The molecule has 0 saturated carbocycles. The minimum Gasteiger partial charge on any atom is -0.465 e. The van der Waals surface area contributed by atoms with E-state index < -0.39 is 0 Å². The molecule has 2 amide bonds. The molecule has 1 aliphatic heterocycles. The zero-order chi connectivity index (χ0) is 16.7. The number of carbonyl (C=O) groups is 2. The number of hydrogen-bond acceptors (Lipinski definition) is 5. The molecule has 1 N–H and O–H groups in total. The Balaban J connectivity index is 1.89. The Morgan fingerprint density at radius 1 is 1.17 bits per heavy atom. The summed E-state index contributed by atoms with van der Waals surface area (Å²) in [5, 5.41) is 2.82. The molecular weight excluding hydrogens is 298 g/mol. The number of benzene rings is 1. The summed E-state index contributed by atoms with van der Waals surface area (Å²) in [4.78, 5) is 27.5. The van der Waals surface area contributed by atoms with Crippen molar-refractivity contribution >= 4 is 17.7 Å². The predicted octanol–water partition coefficient (Wildman–Crippen LogP) is 0.951. The summed E-state index contributed by atoms with van der Waals surface area (Å²) in [6.07, 6.45) is 0. The van der Waals surface area contributed by atoms with Crippen LogP contribution in [-0.2, 0) is 9.47 Å². The van der Waals surface area contributed by atoms with Crippen molar-refractivity contribution < 1.29 is 19.1 Å². The van der Waals surface area contributed by atoms with Crippen molar-refractivity contribution in [2.45, 2.75) is 0 Å². The smallest absolute Gasteiger partial charge is 0.337 e. The van der Waals surface area contributed by atoms with Crippen LogP contribution in [0.3, 0.4) is 0 Å². The van der Waals surface area contributed by atoms with Gasteiger partial charge in [0.05, 0.1) is 19.3 Å². The number of hydrogen-bond donors (Lipinski definition) is 1. The van der Waals surface area contributed by atoms with Crippen LogP contribution in [0, 0.1) is 0 Å². The Labute approximate surface area is 136 Å². The van der Waals surface area contributed by atoms with Gasteiger partial charge in [-0.05, 0) is 18.2 Å². The van der Waals surface area contributed by atoms with Crippen LogP contribution in [0.2, 0.25) is 0 Å². The van der Waals surface area contributed by atoms with E-state index in [1.807, 2.05) is 18.2 Å². The first-order valence-corrected chi connectivity index (χ1v) is 7.60. The molecule has 0 aliphatic carbocycles. The largest absolute Gasteiger partial charge is 0.465 e. The average molecular weight is 321 g/mol. The third-order valence-electron chi connectivity index (χ3n) is 3.78. The fraction of sp³-hybridized carbons (Fsp3) is 0.500. The highest BCUT2D eigenvalue weighted by Gasteiger charge is 2.21. The Kier molecular flexibility index (Phi) is 6.22. The van der Waals surface area contributed by atoms with Crippen LogP contribution in [0.4, 0.5) is 10.5 Å². The molecule has 7 nitrogen and oxygen atoms in total. The lowest BCUT2D eigenvalue weighted by Crippen LogP contribution is -2.52. The van der Waals surface area contributed by atoms with Crippen molar-refractivity contribution in [3.8, 4) is 0 Å². The number of esters is 1. The average Bonchev–Trinajstić information content (AvgIpc) is 2.61. The molecule has 0 bridgehead atoms. The van der Waals surface area contributed by atoms with Crippen molar-refractivity contribution in [1.29, 1.82) is 0 Å². The third kappa shape index (κ3) is 4.59. The fourth-order valence-corrected chi connectivity index (χ4v) is 2.49. The Hall–Kier alpha value is -2.28. The van der Waals surface area contributed by atoms with Crippen molar-refractivity contribution in [3.05, 3.63) is 29.8 Å². The Morgan fingerprint density at radius 3 is 2.57 bits per heavy atom. The van der Waals surface area contributed by atoms with Gasteiger partial charge in [0.15, 0.2) is 0 Å². The molecule has 1 aromatic carbocycles. The van der Waals surface area contributed by atoms with Gasteiger partial charge in [-0.15, -0.1) is 0 Å². The fourth-order valence-electron chi connectivity index (χ4n) is 2.49. The summed E-state index contributed by atoms with van der Waals surface area (Å²) in [5.74, 6) is -0.344. The van der Waals surface area contributed by atoms with Gasteiger partial charge in [0, 0.05) is 45.5 Å². The SMILES string of the molecule is COCCNC(=O)N1CCN(c2cccc(C(=O)OC)c2)CC1. The first kappa shape index (κ1) is 17.1. The predicted molar refractivity (Wildman–Crippen MR) is 86.8 cm³/mol. The number of ether oxygens (including phenoxy) is 2. The van der Waals surface area contributed by atoms with Gasteiger partial charge >= 0.3 is 12.0 Å². The van der Waals surface area contributed by atoms with Crippen LogP contribution in [0.5, 0.6) is 0 Å². The molecule has 23 heavy (non-hydrogen) atoms. The molecule has 7 heteroatoms. The van der Waals surface area contributed by atoms with Crippen molar-refractivity contribution in [1.82, 2.24) is 10.2 Å². The quantitative estimate of drug-likeness (QED) is 0.646. The van der Waals surface area contributed by atoms with Crippen LogP contribution in [0.25, 0.3) is 0 Å². The molecule has 2 rings (SSSR count). The standard InChI is InChI=1S/C16H23N3O4/c1-22-11-6-17-16(21)19-9-7-18(8-10-19)14-5-3-4-13(12-14)15(20)23-2/h3-5,12H,6-11H2,1-2H3,(H,17,21). The summed E-state index contributed by atoms with van der Waals surface area (Å²) in [6, 6.07) is 7.28. The maximum absolute atomic E-state index is 12.0. The number of nitrogens with zero attached hydrogens (tertiary/aromatic N) is 2. The lowest BCUT2D eigenvalue weighted by Gasteiger charge is -2.36. The summed E-state index contributed by atoms with van der Waals surface area (Å²) in [7, 11) is 2.98. The minimum atomic E-state index is -0.344. The zero-order valence-electron chi connectivity index (χ0n) is 13.6. The second kappa shape index (κ2) is 8.38. The van der Waals surface area contributed by atoms with Crippen LogP contribution >= 0.6 is 0 Å². The zero-order valence-corrected chi connectivity index (χ0v) is 13.6. The van der Waals surface area contributed by atoms with E-state index in [1.54, 1.807) is 18.1 Å². The molecule has 0 radical (unpaired) electrons. The number of rotatable bonds is 5. The summed E-state index contributed by atoms with van der Waals surface area (Å²) in [6.45, 7) is 3.75. The number of anilines is 1. The van der Waals surface area contributed by atoms with E-state index in [0.717, 1.165) is 18.8 Å². The maximum Gasteiger partial charge on any atom is 0.337 e. The van der Waals surface area contributed by atoms with Crippen molar-refractivity contribution in [3.63, 3.8) is 0 Å². The van der Waals surface area contributed by atoms with Crippen LogP contribution in [-0.4, -0.2) is 70.5 Å². The second-order valence-corrected chi connectivity index (χ2v) is 5.24. The summed E-state index contributed by atoms with van der Waals surface area (Å²) in [5.41, 5.74) is 1.50. The number of piperazine rings is 1. The molecule has 1 aliphatic rings. The van der Waals surface area contributed by atoms with E-state index in [-0.39, 0.29) is 12.0 Å². The summed E-state index contributed by atoms with van der Waals surface area (Å²) < 4.78 is 9.66. The molecule has 0 aromatic heterocycles. The van der Waals surface area contributed by atoms with Gasteiger partial charge in [0.1, 0.15) is 0 Å². The number of nitrogens with one attached hydrogen (secondary N) is 1. The topological polar surface area (TPSA) is 71.1 Å². The van der Waals surface area contributed by atoms with Gasteiger partial charge in [0.25, 0.3) is 0 Å². The van der Waals surface area contributed by atoms with E-state index in [2.05, 4.69) is 10.2 Å². The summed E-state index contributed by atoms with van der Waals surface area (Å²) >= 11 is 0. The number of methoxy groups -OCH3 is 2. The van der Waals surface area contributed by atoms with Gasteiger partial charge in [-0.3, -0.25) is 0 Å². The van der Waals surface area contributed by atoms with Crippen LogP contribution in [0.1, 0.15) is 10.4 Å². The molecule has 1 heterocycles. The number of urea groups is 1. The highest BCUT2D eigenvalue weighted by Crippen LogP contribution is 2.18. The third-order valence-corrected chi connectivity index (χ3v) is 3.78. The van der Waals surface area contributed by atoms with Crippen molar-refractivity contribution in [2.75, 3.05) is 58.5 Å². The molecule has 0 spiro atoms. The van der Waals surface area contributed by atoms with Gasteiger partial charge in [-0.1, -0.05) is 6.07 Å². The molecule has 1 aromatic rings. The first-order chi connectivity index (χ1) is 11.2. The molecule has 1 saturated heterocycles. The molecule has 0 atom stereocenters. The Bertz CT molecular complexity index is 542. The molecular formula is C16H23N3O4. The second-order valence-electron chi connectivity index (χ2n) is 5.24. The molecule has 126 valence electrons. The number of amides is 2. The van der Waals surface area contributed by atoms with E-state index >= 15 is 0 Å². The van der Waals surface area contributed by atoms with E-state index in [4.69, 9.17) is 9.47 Å². The lowest BCUT2D eigenvalue weighted by atomic mass is 10.1. The first-order valence-electron chi connectivity index (χ1n) is 7.60. The van der Waals surface area contributed by atoms with Crippen molar-refractivity contribution in [2.24, 2.45) is 0 Å². The van der Waals surface area contributed by atoms with E-state index in [1.165, 1.54) is 7.11 Å². The molecule has 1 fully saturated rings. The molecule has 0 unspecified atom stereocenters. The number of carbonyl (C=O) groups excluding carboxylic acids is 2. The van der Waals surface area contributed by atoms with Gasteiger partial charge in [-0.2, -0.15) is 0 Å². The highest BCUT2D eigenvalue weighted by molar-refractivity contribution is 5.90. The van der Waals surface area contributed by atoms with E-state index in [9.17, 15) is 9.59 Å². The Morgan fingerprint density at radius 2 is 1.91 bits per heavy atom. The minimum absolute atomic E-state index is 0.0648. The van der Waals surface area contributed by atoms with Crippen LogP contribution < -0.4 is 10.2 Å². The highest BCUT2D eigenvalue weighted by atomic mass is 16.5. The maximum atomic E-state index is 12.0.